The van der Waals surface area contributed by atoms with Crippen LogP contribution in [0.4, 0.5) is 0 Å². The van der Waals surface area contributed by atoms with Crippen LogP contribution >= 0.6 is 11.8 Å². The number of methoxy groups -OCH3 is 1. The van der Waals surface area contributed by atoms with E-state index in [0.29, 0.717) is 29.9 Å². The van der Waals surface area contributed by atoms with Crippen molar-refractivity contribution < 1.29 is 19.1 Å². The average molecular weight is 345 g/mol. The number of nitrogens with one attached hydrogen (secondary N) is 1. The first-order valence-corrected chi connectivity index (χ1v) is 8.42. The first kappa shape index (κ1) is 17.9. The fraction of sp³-hybridized carbons (Fsp3) is 0.222. The van der Waals surface area contributed by atoms with E-state index >= 15 is 0 Å². The summed E-state index contributed by atoms with van der Waals surface area (Å²) in [4.78, 5) is 24.0. The molecule has 126 valence electrons. The van der Waals surface area contributed by atoms with Gasteiger partial charge in [-0.1, -0.05) is 18.2 Å². The van der Waals surface area contributed by atoms with Gasteiger partial charge in [0.15, 0.2) is 12.9 Å². The van der Waals surface area contributed by atoms with Gasteiger partial charge in [0.1, 0.15) is 11.5 Å². The molecule has 2 aromatic rings. The van der Waals surface area contributed by atoms with Gasteiger partial charge in [-0.3, -0.25) is 9.59 Å². The van der Waals surface area contributed by atoms with Gasteiger partial charge in [0, 0.05) is 17.2 Å². The van der Waals surface area contributed by atoms with Crippen LogP contribution in [0.25, 0.3) is 0 Å². The molecule has 1 amide bonds. The SMILES string of the molecule is COc1ccc(OCC(=O)NCCSc2ccccc2)c(C=O)c1. The standard InChI is InChI=1S/C18H19NO4S/c1-22-15-7-8-17(14(11-15)12-20)23-13-18(21)19-9-10-24-16-5-3-2-4-6-16/h2-8,11-12H,9-10,13H2,1H3,(H,19,21). The van der Waals surface area contributed by atoms with Crippen molar-refractivity contribution in [1.82, 2.24) is 5.32 Å². The highest BCUT2D eigenvalue weighted by Gasteiger charge is 2.08. The molecule has 0 fully saturated rings. The van der Waals surface area contributed by atoms with Gasteiger partial charge in [0.05, 0.1) is 12.7 Å². The van der Waals surface area contributed by atoms with E-state index in [4.69, 9.17) is 9.47 Å². The van der Waals surface area contributed by atoms with Gasteiger partial charge in [0.25, 0.3) is 5.91 Å². The Balaban J connectivity index is 1.72. The van der Waals surface area contributed by atoms with Gasteiger partial charge in [-0.25, -0.2) is 0 Å². The van der Waals surface area contributed by atoms with Crippen molar-refractivity contribution >= 4 is 24.0 Å². The highest BCUT2D eigenvalue weighted by molar-refractivity contribution is 7.99. The van der Waals surface area contributed by atoms with Gasteiger partial charge >= 0.3 is 0 Å². The molecule has 0 aliphatic rings. The smallest absolute Gasteiger partial charge is 0.257 e. The summed E-state index contributed by atoms with van der Waals surface area (Å²) < 4.78 is 10.4. The summed E-state index contributed by atoms with van der Waals surface area (Å²) in [6.45, 7) is 0.411. The summed E-state index contributed by atoms with van der Waals surface area (Å²) in [5, 5.41) is 2.79. The molecule has 2 aromatic carbocycles. The minimum Gasteiger partial charge on any atom is -0.497 e. The molecule has 0 bridgehead atoms. The first-order chi connectivity index (χ1) is 11.7. The molecule has 5 nitrogen and oxygen atoms in total. The lowest BCUT2D eigenvalue weighted by atomic mass is 10.2. The lowest BCUT2D eigenvalue weighted by molar-refractivity contribution is -0.122. The third kappa shape index (κ3) is 5.62. The number of carbonyl (C=O) groups excluding carboxylic acids is 2. The Labute approximate surface area is 145 Å². The second kappa shape index (κ2) is 9.62. The normalized spacial score (nSPS) is 10.0. The van der Waals surface area contributed by atoms with Gasteiger partial charge in [-0.2, -0.15) is 0 Å². The van der Waals surface area contributed by atoms with E-state index in [1.54, 1.807) is 30.0 Å². The van der Waals surface area contributed by atoms with E-state index in [1.807, 2.05) is 30.3 Å². The number of hydrogen-bond donors (Lipinski definition) is 1. The molecule has 0 radical (unpaired) electrons. The van der Waals surface area contributed by atoms with Gasteiger partial charge in [-0.05, 0) is 30.3 Å². The minimum absolute atomic E-state index is 0.136. The van der Waals surface area contributed by atoms with Crippen molar-refractivity contribution in [2.24, 2.45) is 0 Å². The molecule has 1 N–H and O–H groups in total. The van der Waals surface area contributed by atoms with Crippen molar-refractivity contribution in [2.45, 2.75) is 4.90 Å². The Morgan fingerprint density at radius 2 is 2.00 bits per heavy atom. The summed E-state index contributed by atoms with van der Waals surface area (Å²) in [6.07, 6.45) is 0.673. The number of carbonyl (C=O) groups is 2. The Bertz CT molecular complexity index is 676. The minimum atomic E-state index is -0.226. The van der Waals surface area contributed by atoms with E-state index in [0.717, 1.165) is 10.6 Å². The van der Waals surface area contributed by atoms with E-state index in [1.165, 1.54) is 7.11 Å². The molecule has 0 aromatic heterocycles. The topological polar surface area (TPSA) is 64.6 Å². The number of ether oxygens (including phenoxy) is 2. The molecular weight excluding hydrogens is 326 g/mol. The lowest BCUT2D eigenvalue weighted by Gasteiger charge is -2.10. The molecule has 0 heterocycles. The number of thioether (sulfide) groups is 1. The maximum absolute atomic E-state index is 11.8. The Kier molecular flexibility index (Phi) is 7.17. The number of amides is 1. The van der Waals surface area contributed by atoms with Crippen molar-refractivity contribution in [3.05, 3.63) is 54.1 Å². The quantitative estimate of drug-likeness (QED) is 0.430. The first-order valence-electron chi connectivity index (χ1n) is 7.43. The highest BCUT2D eigenvalue weighted by atomic mass is 32.2. The predicted octanol–water partition coefficient (Wildman–Crippen LogP) is 2.80. The lowest BCUT2D eigenvalue weighted by Crippen LogP contribution is -2.30. The van der Waals surface area contributed by atoms with Crippen LogP contribution in [0.5, 0.6) is 11.5 Å². The molecule has 0 saturated carbocycles. The molecule has 0 atom stereocenters. The van der Waals surface area contributed by atoms with Gasteiger partial charge in [-0.15, -0.1) is 11.8 Å². The van der Waals surface area contributed by atoms with Crippen LogP contribution in [-0.2, 0) is 4.79 Å². The summed E-state index contributed by atoms with van der Waals surface area (Å²) in [6, 6.07) is 14.8. The highest BCUT2D eigenvalue weighted by Crippen LogP contribution is 2.22. The third-order valence-electron chi connectivity index (χ3n) is 3.14. The maximum Gasteiger partial charge on any atom is 0.257 e. The zero-order valence-corrected chi connectivity index (χ0v) is 14.2. The van der Waals surface area contributed by atoms with Crippen LogP contribution in [0.15, 0.2) is 53.4 Å². The molecule has 0 spiro atoms. The molecule has 6 heteroatoms. The van der Waals surface area contributed by atoms with Gasteiger partial charge in [0.2, 0.25) is 0 Å². The summed E-state index contributed by atoms with van der Waals surface area (Å²) in [5.74, 6) is 1.47. The van der Waals surface area contributed by atoms with Crippen molar-refractivity contribution in [3.63, 3.8) is 0 Å². The summed E-state index contributed by atoms with van der Waals surface area (Å²) in [7, 11) is 1.52. The van der Waals surface area contributed by atoms with E-state index in [9.17, 15) is 9.59 Å². The summed E-state index contributed by atoms with van der Waals surface area (Å²) in [5.41, 5.74) is 0.349. The van der Waals surface area contributed by atoms with Crippen LogP contribution in [0.2, 0.25) is 0 Å². The van der Waals surface area contributed by atoms with E-state index in [2.05, 4.69) is 5.32 Å². The zero-order chi connectivity index (χ0) is 17.2. The molecule has 0 aliphatic carbocycles. The number of benzene rings is 2. The van der Waals surface area contributed by atoms with Crippen molar-refractivity contribution in [2.75, 3.05) is 26.0 Å². The van der Waals surface area contributed by atoms with Crippen molar-refractivity contribution in [1.29, 1.82) is 0 Å². The predicted molar refractivity (Wildman–Crippen MR) is 94.1 cm³/mol. The van der Waals surface area contributed by atoms with Crippen LogP contribution in [-0.4, -0.2) is 38.2 Å². The second-order valence-electron chi connectivity index (χ2n) is 4.82. The van der Waals surface area contributed by atoms with E-state index in [-0.39, 0.29) is 12.5 Å². The Hall–Kier alpha value is -2.47. The molecule has 24 heavy (non-hydrogen) atoms. The zero-order valence-electron chi connectivity index (χ0n) is 13.4. The van der Waals surface area contributed by atoms with Crippen LogP contribution < -0.4 is 14.8 Å². The van der Waals surface area contributed by atoms with E-state index < -0.39 is 0 Å². The fourth-order valence-electron chi connectivity index (χ4n) is 1.95. The fourth-order valence-corrected chi connectivity index (χ4v) is 2.74. The maximum atomic E-state index is 11.8. The number of aldehydes is 1. The Morgan fingerprint density at radius 1 is 1.21 bits per heavy atom. The Morgan fingerprint density at radius 3 is 2.71 bits per heavy atom. The molecule has 2 rings (SSSR count). The molecule has 0 aliphatic heterocycles. The molecule has 0 saturated heterocycles. The number of hydrogen-bond acceptors (Lipinski definition) is 5. The molecule has 0 unspecified atom stereocenters. The summed E-state index contributed by atoms with van der Waals surface area (Å²) >= 11 is 1.67. The number of rotatable bonds is 9. The largest absolute Gasteiger partial charge is 0.497 e. The third-order valence-corrected chi connectivity index (χ3v) is 4.15. The van der Waals surface area contributed by atoms with Crippen LogP contribution in [0.3, 0.4) is 0 Å². The monoisotopic (exact) mass is 345 g/mol. The molecular formula is C18H19NO4S. The van der Waals surface area contributed by atoms with Gasteiger partial charge < -0.3 is 14.8 Å². The van der Waals surface area contributed by atoms with Crippen LogP contribution in [0, 0.1) is 0 Å². The average Bonchev–Trinajstić information content (AvgIpc) is 2.64. The van der Waals surface area contributed by atoms with Crippen molar-refractivity contribution in [3.8, 4) is 11.5 Å². The van der Waals surface area contributed by atoms with Crippen LogP contribution in [0.1, 0.15) is 10.4 Å². The second-order valence-corrected chi connectivity index (χ2v) is 5.99.